The zero-order valence-corrected chi connectivity index (χ0v) is 9.64. The van der Waals surface area contributed by atoms with Crippen LogP contribution in [0.5, 0.6) is 0 Å². The van der Waals surface area contributed by atoms with E-state index in [9.17, 15) is 4.79 Å². The van der Waals surface area contributed by atoms with Gasteiger partial charge in [0.2, 0.25) is 0 Å². The Balaban J connectivity index is 1.63. The second-order valence-corrected chi connectivity index (χ2v) is 5.52. The van der Waals surface area contributed by atoms with E-state index in [1.54, 1.807) is 0 Å². The molecule has 3 heterocycles. The van der Waals surface area contributed by atoms with Crippen LogP contribution in [-0.2, 0) is 4.79 Å². The van der Waals surface area contributed by atoms with E-state index in [0.29, 0.717) is 6.04 Å². The molecule has 0 saturated carbocycles. The van der Waals surface area contributed by atoms with E-state index in [4.69, 9.17) is 5.11 Å². The molecule has 16 heavy (non-hydrogen) atoms. The molecule has 3 aliphatic rings. The first kappa shape index (κ1) is 10.5. The van der Waals surface area contributed by atoms with Crippen molar-refractivity contribution in [2.75, 3.05) is 32.7 Å². The summed E-state index contributed by atoms with van der Waals surface area (Å²) in [5, 5.41) is 9.03. The molecule has 3 saturated heterocycles. The minimum absolute atomic E-state index is 0.112. The Labute approximate surface area is 96.2 Å². The third-order valence-electron chi connectivity index (χ3n) is 4.63. The van der Waals surface area contributed by atoms with Crippen LogP contribution in [0.2, 0.25) is 0 Å². The number of aliphatic carboxylic acids is 1. The number of rotatable bonds is 2. The van der Waals surface area contributed by atoms with Gasteiger partial charge < -0.3 is 10.0 Å². The fourth-order valence-electron chi connectivity index (χ4n) is 3.70. The number of carboxylic acids is 1. The van der Waals surface area contributed by atoms with Crippen LogP contribution in [0, 0.1) is 11.8 Å². The molecule has 0 aliphatic carbocycles. The monoisotopic (exact) mass is 224 g/mol. The molecule has 2 bridgehead atoms. The largest absolute Gasteiger partial charge is 0.481 e. The molecule has 0 aromatic rings. The SMILES string of the molecule is O=C(O)C1CCN(C2CCN3CCC2C3)C1. The fraction of sp³-hybridized carbons (Fsp3) is 0.917. The second kappa shape index (κ2) is 4.00. The van der Waals surface area contributed by atoms with E-state index < -0.39 is 5.97 Å². The standard InChI is InChI=1S/C12H20N2O2/c15-12(16)10-2-6-14(8-10)11-3-5-13-4-1-9(11)7-13/h9-11H,1-8H2,(H,15,16). The van der Waals surface area contributed by atoms with Crippen molar-refractivity contribution in [3.05, 3.63) is 0 Å². The average Bonchev–Trinajstić information content (AvgIpc) is 2.87. The van der Waals surface area contributed by atoms with Gasteiger partial charge in [-0.05, 0) is 44.8 Å². The third-order valence-corrected chi connectivity index (χ3v) is 4.63. The van der Waals surface area contributed by atoms with Crippen molar-refractivity contribution < 1.29 is 9.90 Å². The molecule has 0 radical (unpaired) electrons. The van der Waals surface area contributed by atoms with Gasteiger partial charge in [0.1, 0.15) is 0 Å². The van der Waals surface area contributed by atoms with Gasteiger partial charge in [-0.3, -0.25) is 9.69 Å². The van der Waals surface area contributed by atoms with Crippen LogP contribution >= 0.6 is 0 Å². The molecule has 3 aliphatic heterocycles. The van der Waals surface area contributed by atoms with E-state index in [1.807, 2.05) is 0 Å². The zero-order valence-electron chi connectivity index (χ0n) is 9.64. The Morgan fingerprint density at radius 2 is 1.88 bits per heavy atom. The number of piperidine rings is 1. The van der Waals surface area contributed by atoms with E-state index in [0.717, 1.165) is 25.4 Å². The predicted molar refractivity (Wildman–Crippen MR) is 60.3 cm³/mol. The van der Waals surface area contributed by atoms with E-state index in [-0.39, 0.29) is 5.92 Å². The van der Waals surface area contributed by atoms with Crippen molar-refractivity contribution in [3.8, 4) is 0 Å². The molecule has 4 atom stereocenters. The third kappa shape index (κ3) is 1.74. The number of hydrogen-bond acceptors (Lipinski definition) is 3. The highest BCUT2D eigenvalue weighted by Gasteiger charge is 2.40. The highest BCUT2D eigenvalue weighted by atomic mass is 16.4. The molecule has 90 valence electrons. The quantitative estimate of drug-likeness (QED) is 0.741. The van der Waals surface area contributed by atoms with Crippen LogP contribution < -0.4 is 0 Å². The highest BCUT2D eigenvalue weighted by molar-refractivity contribution is 5.70. The molecule has 3 rings (SSSR count). The molecule has 4 heteroatoms. The smallest absolute Gasteiger partial charge is 0.307 e. The first-order valence-electron chi connectivity index (χ1n) is 6.43. The molecule has 0 amide bonds. The molecule has 0 aromatic heterocycles. The van der Waals surface area contributed by atoms with Crippen molar-refractivity contribution in [1.82, 2.24) is 9.80 Å². The minimum Gasteiger partial charge on any atom is -0.481 e. The number of nitrogens with zero attached hydrogens (tertiary/aromatic N) is 2. The van der Waals surface area contributed by atoms with Crippen LogP contribution in [0.1, 0.15) is 19.3 Å². The number of carbonyl (C=O) groups is 1. The van der Waals surface area contributed by atoms with Gasteiger partial charge in [-0.2, -0.15) is 0 Å². The summed E-state index contributed by atoms with van der Waals surface area (Å²) in [6.45, 7) is 5.51. The topological polar surface area (TPSA) is 43.8 Å². The lowest BCUT2D eigenvalue weighted by Crippen LogP contribution is -2.45. The number of hydrogen-bond donors (Lipinski definition) is 1. The summed E-state index contributed by atoms with van der Waals surface area (Å²) in [5.41, 5.74) is 0. The normalized spacial score (nSPS) is 43.8. The van der Waals surface area contributed by atoms with Gasteiger partial charge >= 0.3 is 5.97 Å². The Hall–Kier alpha value is -0.610. The summed E-state index contributed by atoms with van der Waals surface area (Å²) >= 11 is 0. The Bertz CT molecular complexity index is 295. The molecule has 3 fully saturated rings. The maximum absolute atomic E-state index is 11.0. The first-order valence-corrected chi connectivity index (χ1v) is 6.43. The van der Waals surface area contributed by atoms with Crippen molar-refractivity contribution in [2.45, 2.75) is 25.3 Å². The Morgan fingerprint density at radius 3 is 2.62 bits per heavy atom. The van der Waals surface area contributed by atoms with Crippen LogP contribution in [-0.4, -0.2) is 59.6 Å². The van der Waals surface area contributed by atoms with Gasteiger partial charge in [0.25, 0.3) is 0 Å². The van der Waals surface area contributed by atoms with E-state index in [2.05, 4.69) is 9.80 Å². The molecular weight excluding hydrogens is 204 g/mol. The molecule has 4 unspecified atom stereocenters. The second-order valence-electron chi connectivity index (χ2n) is 5.52. The van der Waals surface area contributed by atoms with Crippen molar-refractivity contribution in [2.24, 2.45) is 11.8 Å². The molecular formula is C12H20N2O2. The summed E-state index contributed by atoms with van der Waals surface area (Å²) in [6, 6.07) is 0.670. The van der Waals surface area contributed by atoms with E-state index >= 15 is 0 Å². The maximum Gasteiger partial charge on any atom is 0.307 e. The maximum atomic E-state index is 11.0. The van der Waals surface area contributed by atoms with Crippen molar-refractivity contribution in [1.29, 1.82) is 0 Å². The average molecular weight is 224 g/mol. The Morgan fingerprint density at radius 1 is 1.06 bits per heavy atom. The molecule has 0 aromatic carbocycles. The number of carboxylic acid groups (broad SMARTS) is 1. The summed E-state index contributed by atoms with van der Waals surface area (Å²) in [5.74, 6) is 0.0899. The summed E-state index contributed by atoms with van der Waals surface area (Å²) in [6.07, 6.45) is 3.41. The van der Waals surface area contributed by atoms with Gasteiger partial charge in [-0.15, -0.1) is 0 Å². The predicted octanol–water partition coefficient (Wildman–Crippen LogP) is 0.487. The number of likely N-dealkylation sites (tertiary alicyclic amines) is 1. The highest BCUT2D eigenvalue weighted by Crippen LogP contribution is 2.33. The van der Waals surface area contributed by atoms with Crippen molar-refractivity contribution in [3.63, 3.8) is 0 Å². The summed E-state index contributed by atoms with van der Waals surface area (Å²) < 4.78 is 0. The first-order chi connectivity index (χ1) is 7.74. The van der Waals surface area contributed by atoms with Gasteiger partial charge in [0.15, 0.2) is 0 Å². The van der Waals surface area contributed by atoms with Gasteiger partial charge in [-0.25, -0.2) is 0 Å². The lowest BCUT2D eigenvalue weighted by Gasteiger charge is -2.36. The van der Waals surface area contributed by atoms with Crippen molar-refractivity contribution >= 4 is 5.97 Å². The Kier molecular flexibility index (Phi) is 2.64. The van der Waals surface area contributed by atoms with Crippen LogP contribution in [0.4, 0.5) is 0 Å². The van der Waals surface area contributed by atoms with E-state index in [1.165, 1.54) is 32.5 Å². The van der Waals surface area contributed by atoms with Crippen LogP contribution in [0.3, 0.4) is 0 Å². The minimum atomic E-state index is -0.605. The zero-order chi connectivity index (χ0) is 11.1. The number of fused-ring (bicyclic) bond motifs is 2. The molecule has 4 nitrogen and oxygen atoms in total. The van der Waals surface area contributed by atoms with Crippen LogP contribution in [0.15, 0.2) is 0 Å². The van der Waals surface area contributed by atoms with Gasteiger partial charge in [0.05, 0.1) is 5.92 Å². The molecule has 0 spiro atoms. The van der Waals surface area contributed by atoms with Gasteiger partial charge in [-0.1, -0.05) is 0 Å². The fourth-order valence-corrected chi connectivity index (χ4v) is 3.70. The summed E-state index contributed by atoms with van der Waals surface area (Å²) in [4.78, 5) is 16.0. The summed E-state index contributed by atoms with van der Waals surface area (Å²) in [7, 11) is 0. The molecule has 1 N–H and O–H groups in total. The lowest BCUT2D eigenvalue weighted by atomic mass is 9.93. The van der Waals surface area contributed by atoms with Gasteiger partial charge in [0, 0.05) is 19.1 Å². The van der Waals surface area contributed by atoms with Crippen LogP contribution in [0.25, 0.3) is 0 Å². The lowest BCUT2D eigenvalue weighted by molar-refractivity contribution is -0.141.